The minimum absolute atomic E-state index is 0.0254. The first-order valence-corrected chi connectivity index (χ1v) is 7.59. The Kier molecular flexibility index (Phi) is 4.66. The highest BCUT2D eigenvalue weighted by Gasteiger charge is 2.47. The standard InChI is InChI=1S/C15H27NO2/c1-3-12-6-5-8-15(9-7-12)11-16-10-13(15)14(17)18-4-2/h12-13,16H,3-11H2,1-2H3. The zero-order chi connectivity index (χ0) is 13.0. The van der Waals surface area contributed by atoms with Crippen molar-refractivity contribution in [2.75, 3.05) is 19.7 Å². The lowest BCUT2D eigenvalue weighted by atomic mass is 9.72. The Morgan fingerprint density at radius 3 is 2.89 bits per heavy atom. The van der Waals surface area contributed by atoms with E-state index in [0.717, 1.165) is 19.0 Å². The fourth-order valence-electron chi connectivity index (χ4n) is 3.82. The zero-order valence-electron chi connectivity index (χ0n) is 11.8. The highest BCUT2D eigenvalue weighted by atomic mass is 16.5. The maximum Gasteiger partial charge on any atom is 0.310 e. The average Bonchev–Trinajstić information content (AvgIpc) is 2.65. The molecule has 0 aromatic heterocycles. The number of carbonyl (C=O) groups excluding carboxylic acids is 1. The molecule has 1 saturated heterocycles. The number of esters is 1. The molecule has 3 unspecified atom stereocenters. The van der Waals surface area contributed by atoms with Crippen molar-refractivity contribution in [3.05, 3.63) is 0 Å². The quantitative estimate of drug-likeness (QED) is 0.786. The SMILES string of the molecule is CCOC(=O)C1CNCC12CCCC(CC)CC2. The lowest BCUT2D eigenvalue weighted by Gasteiger charge is -2.32. The second kappa shape index (κ2) is 6.05. The van der Waals surface area contributed by atoms with Gasteiger partial charge in [-0.2, -0.15) is 0 Å². The largest absolute Gasteiger partial charge is 0.466 e. The van der Waals surface area contributed by atoms with Gasteiger partial charge >= 0.3 is 5.97 Å². The molecule has 0 aromatic carbocycles. The Morgan fingerprint density at radius 2 is 2.17 bits per heavy atom. The van der Waals surface area contributed by atoms with E-state index >= 15 is 0 Å². The van der Waals surface area contributed by atoms with Crippen molar-refractivity contribution in [1.82, 2.24) is 5.32 Å². The summed E-state index contributed by atoms with van der Waals surface area (Å²) in [6.45, 7) is 6.51. The van der Waals surface area contributed by atoms with Gasteiger partial charge < -0.3 is 10.1 Å². The molecule has 1 spiro atoms. The van der Waals surface area contributed by atoms with Crippen molar-refractivity contribution in [2.45, 2.75) is 52.4 Å². The molecule has 1 N–H and O–H groups in total. The lowest BCUT2D eigenvalue weighted by Crippen LogP contribution is -2.35. The molecule has 1 aliphatic carbocycles. The predicted molar refractivity (Wildman–Crippen MR) is 72.3 cm³/mol. The first-order valence-electron chi connectivity index (χ1n) is 7.59. The van der Waals surface area contributed by atoms with Gasteiger partial charge in [-0.05, 0) is 37.5 Å². The van der Waals surface area contributed by atoms with Gasteiger partial charge in [-0.3, -0.25) is 4.79 Å². The maximum absolute atomic E-state index is 12.1. The first-order chi connectivity index (χ1) is 8.72. The molecule has 3 heteroatoms. The molecule has 2 aliphatic rings. The van der Waals surface area contributed by atoms with E-state index in [9.17, 15) is 4.79 Å². The summed E-state index contributed by atoms with van der Waals surface area (Å²) in [5, 5.41) is 3.43. The van der Waals surface area contributed by atoms with Gasteiger partial charge in [0.2, 0.25) is 0 Å². The Bertz CT molecular complexity index is 292. The molecule has 1 heterocycles. The third kappa shape index (κ3) is 2.71. The molecule has 0 aromatic rings. The minimum atomic E-state index is 0.0254. The number of carbonyl (C=O) groups is 1. The molecule has 1 aliphatic heterocycles. The highest BCUT2D eigenvalue weighted by molar-refractivity contribution is 5.74. The van der Waals surface area contributed by atoms with Crippen LogP contribution in [0.15, 0.2) is 0 Å². The summed E-state index contributed by atoms with van der Waals surface area (Å²) in [6, 6.07) is 0. The molecule has 3 atom stereocenters. The topological polar surface area (TPSA) is 38.3 Å². The maximum atomic E-state index is 12.1. The van der Waals surface area contributed by atoms with E-state index in [-0.39, 0.29) is 17.3 Å². The van der Waals surface area contributed by atoms with Gasteiger partial charge in [0.25, 0.3) is 0 Å². The van der Waals surface area contributed by atoms with Crippen LogP contribution in [-0.2, 0) is 9.53 Å². The normalized spacial score (nSPS) is 36.6. The molecule has 0 radical (unpaired) electrons. The van der Waals surface area contributed by atoms with E-state index in [1.54, 1.807) is 0 Å². The smallest absolute Gasteiger partial charge is 0.310 e. The second-order valence-corrected chi connectivity index (χ2v) is 6.00. The van der Waals surface area contributed by atoms with Gasteiger partial charge in [-0.1, -0.05) is 26.2 Å². The summed E-state index contributed by atoms with van der Waals surface area (Å²) in [6.07, 6.45) is 7.58. The third-order valence-corrected chi connectivity index (χ3v) is 5.05. The average molecular weight is 253 g/mol. The number of hydrogen-bond donors (Lipinski definition) is 1. The van der Waals surface area contributed by atoms with Crippen LogP contribution in [0.2, 0.25) is 0 Å². The molecule has 3 nitrogen and oxygen atoms in total. The summed E-state index contributed by atoms with van der Waals surface area (Å²) < 4.78 is 5.27. The number of nitrogens with one attached hydrogen (secondary N) is 1. The van der Waals surface area contributed by atoms with Crippen LogP contribution >= 0.6 is 0 Å². The van der Waals surface area contributed by atoms with Crippen molar-refractivity contribution in [2.24, 2.45) is 17.3 Å². The summed E-state index contributed by atoms with van der Waals surface area (Å²) in [5.74, 6) is 0.985. The molecule has 18 heavy (non-hydrogen) atoms. The van der Waals surface area contributed by atoms with E-state index in [4.69, 9.17) is 4.74 Å². The molecule has 0 amide bonds. The van der Waals surface area contributed by atoms with Gasteiger partial charge in [0.05, 0.1) is 12.5 Å². The Labute approximate surface area is 111 Å². The highest BCUT2D eigenvalue weighted by Crippen LogP contribution is 2.45. The molecular weight excluding hydrogens is 226 g/mol. The van der Waals surface area contributed by atoms with Gasteiger partial charge in [-0.15, -0.1) is 0 Å². The molecule has 1 saturated carbocycles. The Morgan fingerprint density at radius 1 is 1.33 bits per heavy atom. The van der Waals surface area contributed by atoms with Crippen LogP contribution in [0.1, 0.15) is 52.4 Å². The summed E-state index contributed by atoms with van der Waals surface area (Å²) in [7, 11) is 0. The number of rotatable bonds is 3. The van der Waals surface area contributed by atoms with Crippen LogP contribution < -0.4 is 5.32 Å². The van der Waals surface area contributed by atoms with E-state index < -0.39 is 0 Å². The van der Waals surface area contributed by atoms with Crippen LogP contribution in [0.5, 0.6) is 0 Å². The van der Waals surface area contributed by atoms with Crippen LogP contribution in [-0.4, -0.2) is 25.7 Å². The van der Waals surface area contributed by atoms with E-state index in [1.165, 1.54) is 38.5 Å². The van der Waals surface area contributed by atoms with E-state index in [1.807, 2.05) is 6.92 Å². The predicted octanol–water partition coefficient (Wildman–Crippen LogP) is 2.75. The second-order valence-electron chi connectivity index (χ2n) is 6.00. The fraction of sp³-hybridized carbons (Fsp3) is 0.933. The van der Waals surface area contributed by atoms with Crippen LogP contribution in [0.4, 0.5) is 0 Å². The van der Waals surface area contributed by atoms with Crippen molar-refractivity contribution in [1.29, 1.82) is 0 Å². The van der Waals surface area contributed by atoms with Crippen molar-refractivity contribution >= 4 is 5.97 Å². The number of ether oxygens (including phenoxy) is 1. The first kappa shape index (κ1) is 13.9. The monoisotopic (exact) mass is 253 g/mol. The van der Waals surface area contributed by atoms with Crippen molar-refractivity contribution < 1.29 is 9.53 Å². The van der Waals surface area contributed by atoms with Gasteiger partial charge in [0.15, 0.2) is 0 Å². The van der Waals surface area contributed by atoms with Gasteiger partial charge in [0.1, 0.15) is 0 Å². The van der Waals surface area contributed by atoms with Crippen LogP contribution in [0, 0.1) is 17.3 Å². The van der Waals surface area contributed by atoms with Gasteiger partial charge in [0, 0.05) is 13.1 Å². The van der Waals surface area contributed by atoms with Gasteiger partial charge in [-0.25, -0.2) is 0 Å². The minimum Gasteiger partial charge on any atom is -0.466 e. The third-order valence-electron chi connectivity index (χ3n) is 5.05. The van der Waals surface area contributed by atoms with Crippen molar-refractivity contribution in [3.63, 3.8) is 0 Å². The summed E-state index contributed by atoms with van der Waals surface area (Å²) >= 11 is 0. The number of hydrogen-bond acceptors (Lipinski definition) is 3. The van der Waals surface area contributed by atoms with E-state index in [2.05, 4.69) is 12.2 Å². The van der Waals surface area contributed by atoms with Crippen molar-refractivity contribution in [3.8, 4) is 0 Å². The van der Waals surface area contributed by atoms with Crippen LogP contribution in [0.3, 0.4) is 0 Å². The zero-order valence-corrected chi connectivity index (χ0v) is 11.8. The fourth-order valence-corrected chi connectivity index (χ4v) is 3.82. The molecular formula is C15H27NO2. The Hall–Kier alpha value is -0.570. The molecule has 104 valence electrons. The molecule has 2 rings (SSSR count). The van der Waals surface area contributed by atoms with E-state index in [0.29, 0.717) is 6.61 Å². The molecule has 2 fully saturated rings. The summed E-state index contributed by atoms with van der Waals surface area (Å²) in [5.41, 5.74) is 0.191. The van der Waals surface area contributed by atoms with Crippen LogP contribution in [0.25, 0.3) is 0 Å². The Balaban J connectivity index is 2.06. The molecule has 0 bridgehead atoms. The lowest BCUT2D eigenvalue weighted by molar-refractivity contribution is -0.151. The summed E-state index contributed by atoms with van der Waals surface area (Å²) in [4.78, 5) is 12.1.